The highest BCUT2D eigenvalue weighted by molar-refractivity contribution is 7.73. The van der Waals surface area contributed by atoms with Gasteiger partial charge in [-0.15, -0.1) is 0 Å². The molecule has 0 unspecified atom stereocenters. The molecule has 0 aromatic heterocycles. The molecule has 0 nitrogen and oxygen atoms in total. The minimum Gasteiger partial charge on any atom is -0.0773 e. The van der Waals surface area contributed by atoms with Crippen LogP contribution in [0.1, 0.15) is 32.6 Å². The summed E-state index contributed by atoms with van der Waals surface area (Å²) < 4.78 is 0. The maximum Gasteiger partial charge on any atom is 0.00534 e. The van der Waals surface area contributed by atoms with Gasteiger partial charge in [-0.25, -0.2) is 0 Å². The molecule has 0 N–H and O–H groups in total. The molecule has 2 aromatic carbocycles. The molecule has 0 bridgehead atoms. The summed E-state index contributed by atoms with van der Waals surface area (Å²) in [5.41, 5.74) is 2.36. The number of benzene rings is 2. The molecule has 1 aliphatic rings. The van der Waals surface area contributed by atoms with Crippen molar-refractivity contribution in [2.75, 3.05) is 0 Å². The summed E-state index contributed by atoms with van der Waals surface area (Å²) in [7, 11) is -0.278. The first-order chi connectivity index (χ1) is 10.4. The van der Waals surface area contributed by atoms with E-state index in [9.17, 15) is 0 Å². The molecule has 0 radical (unpaired) electrons. The van der Waals surface area contributed by atoms with Crippen molar-refractivity contribution in [1.82, 2.24) is 0 Å². The van der Waals surface area contributed by atoms with Gasteiger partial charge in [0.15, 0.2) is 0 Å². The van der Waals surface area contributed by atoms with E-state index >= 15 is 0 Å². The topological polar surface area (TPSA) is 0 Å². The van der Waals surface area contributed by atoms with Crippen LogP contribution < -0.4 is 10.6 Å². The molecule has 0 heterocycles. The van der Waals surface area contributed by atoms with Crippen LogP contribution in [-0.4, -0.2) is 5.66 Å². The van der Waals surface area contributed by atoms with Crippen molar-refractivity contribution in [2.24, 2.45) is 0 Å². The molecule has 1 aliphatic carbocycles. The molecule has 0 aliphatic heterocycles. The lowest BCUT2D eigenvalue weighted by Crippen LogP contribution is -2.22. The van der Waals surface area contributed by atoms with Crippen LogP contribution in [0.4, 0.5) is 0 Å². The Labute approximate surface area is 129 Å². The molecular weight excluding hydrogens is 271 g/mol. The predicted molar refractivity (Wildman–Crippen MR) is 95.1 cm³/mol. The zero-order chi connectivity index (χ0) is 14.5. The first kappa shape index (κ1) is 14.5. The number of hydrogen-bond donors (Lipinski definition) is 0. The predicted octanol–water partition coefficient (Wildman–Crippen LogP) is 5.01. The van der Waals surface area contributed by atoms with Crippen LogP contribution >= 0.6 is 7.92 Å². The summed E-state index contributed by atoms with van der Waals surface area (Å²) in [6.45, 7) is 2.29. The summed E-state index contributed by atoms with van der Waals surface area (Å²) in [6, 6.07) is 22.2. The largest absolute Gasteiger partial charge is 0.0773 e. The van der Waals surface area contributed by atoms with Crippen molar-refractivity contribution in [3.8, 4) is 0 Å². The van der Waals surface area contributed by atoms with Gasteiger partial charge in [0.2, 0.25) is 0 Å². The van der Waals surface area contributed by atoms with E-state index in [1.54, 1.807) is 5.57 Å². The smallest absolute Gasteiger partial charge is 0.00534 e. The zero-order valence-electron chi connectivity index (χ0n) is 12.7. The van der Waals surface area contributed by atoms with Crippen molar-refractivity contribution in [3.63, 3.8) is 0 Å². The van der Waals surface area contributed by atoms with Gasteiger partial charge in [0, 0.05) is 5.66 Å². The fraction of sp³-hybridized carbons (Fsp3) is 0.300. The molecule has 2 aromatic rings. The third-order valence-corrected chi connectivity index (χ3v) is 7.06. The Morgan fingerprint density at radius 2 is 1.48 bits per heavy atom. The number of allylic oxidation sites excluding steroid dienone is 2. The van der Waals surface area contributed by atoms with Gasteiger partial charge in [-0.05, 0) is 44.2 Å². The second-order valence-corrected chi connectivity index (χ2v) is 8.12. The Bertz CT molecular complexity index is 546. The molecule has 3 rings (SSSR count). The van der Waals surface area contributed by atoms with Gasteiger partial charge < -0.3 is 0 Å². The Morgan fingerprint density at radius 3 is 2.00 bits per heavy atom. The highest BCUT2D eigenvalue weighted by Crippen LogP contribution is 2.45. The van der Waals surface area contributed by atoms with Gasteiger partial charge in [-0.2, -0.15) is 0 Å². The highest BCUT2D eigenvalue weighted by atomic mass is 31.1. The molecule has 108 valence electrons. The van der Waals surface area contributed by atoms with E-state index in [4.69, 9.17) is 0 Å². The van der Waals surface area contributed by atoms with Crippen molar-refractivity contribution in [1.29, 1.82) is 0 Å². The van der Waals surface area contributed by atoms with Crippen LogP contribution in [0.5, 0.6) is 0 Å². The van der Waals surface area contributed by atoms with E-state index in [-0.39, 0.29) is 7.92 Å². The molecule has 21 heavy (non-hydrogen) atoms. The lowest BCUT2D eigenvalue weighted by Gasteiger charge is -2.30. The van der Waals surface area contributed by atoms with Crippen LogP contribution in [0.2, 0.25) is 0 Å². The SMILES string of the molecule is CCC1=C[C@@H](P(c2ccccc2)c2ccccc2)CCC1. The summed E-state index contributed by atoms with van der Waals surface area (Å²) in [5.74, 6) is 0. The second-order valence-electron chi connectivity index (χ2n) is 5.68. The molecule has 1 atom stereocenters. The third-order valence-electron chi connectivity index (χ3n) is 4.28. The van der Waals surface area contributed by atoms with Crippen molar-refractivity contribution in [2.45, 2.75) is 38.3 Å². The first-order valence-corrected chi connectivity index (χ1v) is 9.38. The second kappa shape index (κ2) is 7.05. The van der Waals surface area contributed by atoms with Crippen molar-refractivity contribution < 1.29 is 0 Å². The lowest BCUT2D eigenvalue weighted by molar-refractivity contribution is 0.691. The monoisotopic (exact) mass is 294 g/mol. The summed E-state index contributed by atoms with van der Waals surface area (Å²) in [4.78, 5) is 0. The molecule has 0 fully saturated rings. The summed E-state index contributed by atoms with van der Waals surface area (Å²) >= 11 is 0. The van der Waals surface area contributed by atoms with Gasteiger partial charge in [-0.1, -0.05) is 79.2 Å². The van der Waals surface area contributed by atoms with E-state index in [1.165, 1.54) is 36.3 Å². The van der Waals surface area contributed by atoms with Crippen molar-refractivity contribution in [3.05, 3.63) is 72.3 Å². The number of hydrogen-bond acceptors (Lipinski definition) is 0. The Balaban J connectivity index is 2.01. The fourth-order valence-corrected chi connectivity index (χ4v) is 6.04. The van der Waals surface area contributed by atoms with Gasteiger partial charge in [0.25, 0.3) is 0 Å². The van der Waals surface area contributed by atoms with Gasteiger partial charge >= 0.3 is 0 Å². The quantitative estimate of drug-likeness (QED) is 0.549. The van der Waals surface area contributed by atoms with Crippen LogP contribution in [0.3, 0.4) is 0 Å². The maximum absolute atomic E-state index is 2.59. The zero-order valence-corrected chi connectivity index (χ0v) is 13.6. The Hall–Kier alpha value is -1.39. The van der Waals surface area contributed by atoms with Crippen LogP contribution in [-0.2, 0) is 0 Å². The first-order valence-electron chi connectivity index (χ1n) is 7.97. The van der Waals surface area contributed by atoms with E-state index in [1.807, 2.05) is 0 Å². The minimum atomic E-state index is -0.278. The molecule has 0 saturated heterocycles. The van der Waals surface area contributed by atoms with Gasteiger partial charge in [-0.3, -0.25) is 0 Å². The van der Waals surface area contributed by atoms with Crippen LogP contribution in [0.15, 0.2) is 72.3 Å². The fourth-order valence-electron chi connectivity index (χ4n) is 3.18. The molecule has 0 amide bonds. The average molecular weight is 294 g/mol. The van der Waals surface area contributed by atoms with Gasteiger partial charge in [0.1, 0.15) is 0 Å². The van der Waals surface area contributed by atoms with E-state index in [0.717, 1.165) is 0 Å². The lowest BCUT2D eigenvalue weighted by atomic mass is 9.97. The summed E-state index contributed by atoms with van der Waals surface area (Å²) in [6.07, 6.45) is 7.79. The van der Waals surface area contributed by atoms with E-state index in [2.05, 4.69) is 73.7 Å². The third kappa shape index (κ3) is 3.44. The highest BCUT2D eigenvalue weighted by Gasteiger charge is 2.25. The normalized spacial score (nSPS) is 18.6. The Morgan fingerprint density at radius 1 is 0.905 bits per heavy atom. The van der Waals surface area contributed by atoms with Crippen LogP contribution in [0, 0.1) is 0 Å². The molecule has 0 saturated carbocycles. The minimum absolute atomic E-state index is 0.278. The van der Waals surface area contributed by atoms with Gasteiger partial charge in [0.05, 0.1) is 0 Å². The molecule has 1 heteroatoms. The molecule has 0 spiro atoms. The van der Waals surface area contributed by atoms with Crippen molar-refractivity contribution >= 4 is 18.5 Å². The maximum atomic E-state index is 2.59. The number of rotatable bonds is 4. The summed E-state index contributed by atoms with van der Waals surface area (Å²) in [5, 5.41) is 3.02. The van der Waals surface area contributed by atoms with Crippen LogP contribution in [0.25, 0.3) is 0 Å². The van der Waals surface area contributed by atoms with E-state index in [0.29, 0.717) is 5.66 Å². The van der Waals surface area contributed by atoms with E-state index < -0.39 is 0 Å². The standard InChI is InChI=1S/C20H23P/c1-2-17-10-9-15-20(16-17)21(18-11-5-3-6-12-18)19-13-7-4-8-14-19/h3-8,11-14,16,20H,2,9-10,15H2,1H3/t20-/m0/s1. The Kier molecular flexibility index (Phi) is 4.88. The molecular formula is C20H23P. The average Bonchev–Trinajstić information content (AvgIpc) is 2.57.